The molecule has 0 spiro atoms. The van der Waals surface area contributed by atoms with Crippen molar-refractivity contribution in [2.75, 3.05) is 6.61 Å². The highest BCUT2D eigenvalue weighted by atomic mass is 16.7. The molecule has 2 aliphatic rings. The molecule has 2 N–H and O–H groups in total. The van der Waals surface area contributed by atoms with Crippen LogP contribution in [0.4, 0.5) is 0 Å². The predicted octanol–water partition coefficient (Wildman–Crippen LogP) is 3.07. The van der Waals surface area contributed by atoms with Gasteiger partial charge in [-0.1, -0.05) is 63.2 Å². The van der Waals surface area contributed by atoms with Crippen molar-refractivity contribution < 1.29 is 28.8 Å². The summed E-state index contributed by atoms with van der Waals surface area (Å²) in [6.07, 6.45) is -3.75. The standard InChI is InChI=1S/C25H31NO6/c1-15(27)26-20-21(28)22-19(14-29-23(32-22)16-8-6-5-7-9-16)31-24(20)30-18-12-10-17(11-13-18)25(2,3)4/h5-13,19-24,28H,14H2,1-4H3,(H,26,27)/t19-,20-,21-,22-,23-,24-/m1/s1. The first-order valence-corrected chi connectivity index (χ1v) is 10.9. The van der Waals surface area contributed by atoms with Crippen molar-refractivity contribution >= 4 is 5.91 Å². The lowest BCUT2D eigenvalue weighted by molar-refractivity contribution is -0.333. The highest BCUT2D eigenvalue weighted by Gasteiger charge is 2.50. The van der Waals surface area contributed by atoms with Crippen LogP contribution in [-0.2, 0) is 24.4 Å². The largest absolute Gasteiger partial charge is 0.463 e. The smallest absolute Gasteiger partial charge is 0.223 e. The number of aliphatic hydroxyl groups is 1. The molecular formula is C25H31NO6. The van der Waals surface area contributed by atoms with Gasteiger partial charge in [0.25, 0.3) is 0 Å². The Bertz CT molecular complexity index is 910. The zero-order valence-corrected chi connectivity index (χ0v) is 18.9. The summed E-state index contributed by atoms with van der Waals surface area (Å²) in [6, 6.07) is 16.5. The zero-order chi connectivity index (χ0) is 22.9. The van der Waals surface area contributed by atoms with Gasteiger partial charge in [0.15, 0.2) is 6.29 Å². The molecule has 6 atom stereocenters. The van der Waals surface area contributed by atoms with Gasteiger partial charge in [0.05, 0.1) is 6.61 Å². The molecule has 1 amide bonds. The number of nitrogens with one attached hydrogen (secondary N) is 1. The lowest BCUT2D eigenvalue weighted by Crippen LogP contribution is -2.67. The maximum absolute atomic E-state index is 11.9. The van der Waals surface area contributed by atoms with E-state index < -0.39 is 36.9 Å². The van der Waals surface area contributed by atoms with Gasteiger partial charge in [0, 0.05) is 12.5 Å². The topological polar surface area (TPSA) is 86.3 Å². The number of hydrogen-bond acceptors (Lipinski definition) is 6. The molecule has 2 saturated heterocycles. The number of fused-ring (bicyclic) bond motifs is 1. The number of carbonyl (C=O) groups excluding carboxylic acids is 1. The molecule has 4 rings (SSSR count). The molecule has 0 radical (unpaired) electrons. The van der Waals surface area contributed by atoms with E-state index in [-0.39, 0.29) is 17.9 Å². The molecule has 32 heavy (non-hydrogen) atoms. The lowest BCUT2D eigenvalue weighted by Gasteiger charge is -2.47. The van der Waals surface area contributed by atoms with E-state index in [1.807, 2.05) is 54.6 Å². The minimum absolute atomic E-state index is 0.0219. The second-order valence-electron chi connectivity index (χ2n) is 9.33. The second kappa shape index (κ2) is 9.19. The third-order valence-corrected chi connectivity index (χ3v) is 5.78. The Labute approximate surface area is 188 Å². The van der Waals surface area contributed by atoms with E-state index >= 15 is 0 Å². The molecule has 2 fully saturated rings. The Morgan fingerprint density at radius 3 is 2.38 bits per heavy atom. The van der Waals surface area contributed by atoms with Gasteiger partial charge in [-0.3, -0.25) is 4.79 Å². The van der Waals surface area contributed by atoms with Crippen LogP contribution in [0.1, 0.15) is 45.1 Å². The third-order valence-electron chi connectivity index (χ3n) is 5.78. The maximum Gasteiger partial charge on any atom is 0.223 e. The van der Waals surface area contributed by atoms with Gasteiger partial charge in [0.1, 0.15) is 30.1 Å². The van der Waals surface area contributed by atoms with Crippen LogP contribution in [0.25, 0.3) is 0 Å². The molecule has 172 valence electrons. The molecule has 0 aromatic heterocycles. The molecule has 7 nitrogen and oxygen atoms in total. The minimum Gasteiger partial charge on any atom is -0.463 e. The van der Waals surface area contributed by atoms with E-state index in [0.717, 1.165) is 5.56 Å². The quantitative estimate of drug-likeness (QED) is 0.759. The van der Waals surface area contributed by atoms with E-state index in [0.29, 0.717) is 5.75 Å². The summed E-state index contributed by atoms with van der Waals surface area (Å²) in [5.74, 6) is 0.295. The molecule has 0 unspecified atom stereocenters. The molecule has 0 saturated carbocycles. The van der Waals surface area contributed by atoms with Crippen LogP contribution in [0.15, 0.2) is 54.6 Å². The number of ether oxygens (including phenoxy) is 4. The monoisotopic (exact) mass is 441 g/mol. The summed E-state index contributed by atoms with van der Waals surface area (Å²) >= 11 is 0. The number of rotatable bonds is 4. The van der Waals surface area contributed by atoms with Crippen LogP contribution in [0, 0.1) is 0 Å². The van der Waals surface area contributed by atoms with Crippen LogP contribution in [0.2, 0.25) is 0 Å². The van der Waals surface area contributed by atoms with E-state index in [1.54, 1.807) is 0 Å². The number of benzene rings is 2. The summed E-state index contributed by atoms with van der Waals surface area (Å²) < 4.78 is 24.1. The fourth-order valence-electron chi connectivity index (χ4n) is 4.03. The summed E-state index contributed by atoms with van der Waals surface area (Å²) in [4.78, 5) is 11.9. The zero-order valence-electron chi connectivity index (χ0n) is 18.9. The van der Waals surface area contributed by atoms with Crippen molar-refractivity contribution in [2.24, 2.45) is 0 Å². The fraction of sp³-hybridized carbons (Fsp3) is 0.480. The van der Waals surface area contributed by atoms with Gasteiger partial charge in [-0.05, 0) is 23.1 Å². The molecule has 2 heterocycles. The molecule has 2 aliphatic heterocycles. The Morgan fingerprint density at radius 2 is 1.75 bits per heavy atom. The first-order chi connectivity index (χ1) is 15.2. The van der Waals surface area contributed by atoms with Crippen LogP contribution >= 0.6 is 0 Å². The minimum atomic E-state index is -1.04. The first kappa shape index (κ1) is 22.7. The highest BCUT2D eigenvalue weighted by Crippen LogP contribution is 2.35. The van der Waals surface area contributed by atoms with Gasteiger partial charge in [0.2, 0.25) is 12.2 Å². The van der Waals surface area contributed by atoms with Gasteiger partial charge in [-0.2, -0.15) is 0 Å². The first-order valence-electron chi connectivity index (χ1n) is 10.9. The van der Waals surface area contributed by atoms with Crippen LogP contribution < -0.4 is 10.1 Å². The van der Waals surface area contributed by atoms with Crippen molar-refractivity contribution in [3.05, 3.63) is 65.7 Å². The SMILES string of the molecule is CC(=O)N[C@H]1[C@H](Oc2ccc(C(C)(C)C)cc2)O[C@@H]2CO[C@@H](c3ccccc3)O[C@H]2[C@@H]1O. The van der Waals surface area contributed by atoms with Crippen molar-refractivity contribution in [3.8, 4) is 5.75 Å². The molecule has 2 aromatic carbocycles. The molecular weight excluding hydrogens is 410 g/mol. The molecule has 7 heteroatoms. The average molecular weight is 442 g/mol. The van der Waals surface area contributed by atoms with Crippen molar-refractivity contribution in [3.63, 3.8) is 0 Å². The Balaban J connectivity index is 1.51. The number of carbonyl (C=O) groups is 1. The number of aliphatic hydroxyl groups excluding tert-OH is 1. The Kier molecular flexibility index (Phi) is 6.53. The maximum atomic E-state index is 11.9. The van der Waals surface area contributed by atoms with Gasteiger partial charge in [-0.15, -0.1) is 0 Å². The Morgan fingerprint density at radius 1 is 1.06 bits per heavy atom. The van der Waals surface area contributed by atoms with Gasteiger partial charge < -0.3 is 29.4 Å². The van der Waals surface area contributed by atoms with Crippen molar-refractivity contribution in [1.29, 1.82) is 0 Å². The molecule has 0 aliphatic carbocycles. The van der Waals surface area contributed by atoms with E-state index in [9.17, 15) is 9.90 Å². The van der Waals surface area contributed by atoms with Gasteiger partial charge >= 0.3 is 0 Å². The summed E-state index contributed by atoms with van der Waals surface area (Å²) in [6.45, 7) is 8.05. The van der Waals surface area contributed by atoms with E-state index in [4.69, 9.17) is 18.9 Å². The second-order valence-corrected chi connectivity index (χ2v) is 9.33. The van der Waals surface area contributed by atoms with E-state index in [2.05, 4.69) is 26.1 Å². The Hall–Kier alpha value is -2.45. The van der Waals surface area contributed by atoms with Crippen molar-refractivity contribution in [2.45, 2.75) is 70.0 Å². The summed E-state index contributed by atoms with van der Waals surface area (Å²) in [5.41, 5.74) is 2.05. The van der Waals surface area contributed by atoms with Crippen LogP contribution in [-0.4, -0.2) is 48.3 Å². The highest BCUT2D eigenvalue weighted by molar-refractivity contribution is 5.73. The molecule has 2 aromatic rings. The van der Waals surface area contributed by atoms with Crippen LogP contribution in [0.3, 0.4) is 0 Å². The summed E-state index contributed by atoms with van der Waals surface area (Å²) in [5, 5.41) is 13.9. The molecule has 0 bridgehead atoms. The van der Waals surface area contributed by atoms with Crippen molar-refractivity contribution in [1.82, 2.24) is 5.32 Å². The normalized spacial score (nSPS) is 30.3. The lowest BCUT2D eigenvalue weighted by atomic mass is 9.87. The third kappa shape index (κ3) is 4.96. The summed E-state index contributed by atoms with van der Waals surface area (Å²) in [7, 11) is 0. The average Bonchev–Trinajstić information content (AvgIpc) is 2.76. The van der Waals surface area contributed by atoms with Gasteiger partial charge in [-0.25, -0.2) is 0 Å². The predicted molar refractivity (Wildman–Crippen MR) is 118 cm³/mol. The van der Waals surface area contributed by atoms with E-state index in [1.165, 1.54) is 12.5 Å². The number of amides is 1. The van der Waals surface area contributed by atoms with Crippen LogP contribution in [0.5, 0.6) is 5.75 Å². The fourth-order valence-corrected chi connectivity index (χ4v) is 4.03. The number of hydrogen-bond donors (Lipinski definition) is 2.